The maximum atomic E-state index is 15.4. The van der Waals surface area contributed by atoms with Crippen molar-refractivity contribution in [2.75, 3.05) is 44.7 Å². The van der Waals surface area contributed by atoms with E-state index in [9.17, 15) is 9.59 Å². The molecule has 0 unspecified atom stereocenters. The Morgan fingerprint density at radius 2 is 2.06 bits per heavy atom. The molecule has 5 rings (SSSR count). The number of likely N-dealkylation sites (N-methyl/N-ethyl adjacent to an activating group) is 1. The van der Waals surface area contributed by atoms with E-state index in [2.05, 4.69) is 12.4 Å². The molecule has 0 spiro atoms. The lowest BCUT2D eigenvalue weighted by atomic mass is 10.0. The normalized spacial score (nSPS) is 18.1. The highest BCUT2D eigenvalue weighted by Crippen LogP contribution is 2.41. The number of pyridine rings is 1. The number of halogens is 2. The largest absolute Gasteiger partial charge is 0.487 e. The number of hydrogen-bond acceptors (Lipinski definition) is 4. The summed E-state index contributed by atoms with van der Waals surface area (Å²) in [5.74, 6) is -0.630. The van der Waals surface area contributed by atoms with Gasteiger partial charge in [-0.1, -0.05) is 23.7 Å². The van der Waals surface area contributed by atoms with E-state index in [-0.39, 0.29) is 23.5 Å². The second-order valence-corrected chi connectivity index (χ2v) is 9.56. The Bertz CT molecular complexity index is 1330. The van der Waals surface area contributed by atoms with Gasteiger partial charge in [0.25, 0.3) is 5.91 Å². The topological polar surface area (TPSA) is 68.0 Å². The lowest BCUT2D eigenvalue weighted by Crippen LogP contribution is -3.12. The minimum absolute atomic E-state index is 0.0235. The predicted molar refractivity (Wildman–Crippen MR) is 130 cm³/mol. The maximum absolute atomic E-state index is 15.4. The summed E-state index contributed by atoms with van der Waals surface area (Å²) < 4.78 is 23.3. The second kappa shape index (κ2) is 8.92. The van der Waals surface area contributed by atoms with Crippen LogP contribution in [0, 0.1) is 5.82 Å². The van der Waals surface area contributed by atoms with Gasteiger partial charge in [-0.25, -0.2) is 4.39 Å². The zero-order chi connectivity index (χ0) is 24.0. The fourth-order valence-electron chi connectivity index (χ4n) is 4.70. The molecule has 1 amide bonds. The van der Waals surface area contributed by atoms with E-state index in [1.807, 2.05) is 22.5 Å². The third-order valence-corrected chi connectivity index (χ3v) is 6.90. The van der Waals surface area contributed by atoms with Gasteiger partial charge in [0, 0.05) is 17.8 Å². The summed E-state index contributed by atoms with van der Waals surface area (Å²) in [4.78, 5) is 29.7. The number of carbonyl (C=O) groups is 1. The minimum atomic E-state index is -0.512. The van der Waals surface area contributed by atoms with E-state index in [1.54, 1.807) is 24.4 Å². The molecule has 1 fully saturated rings. The highest BCUT2D eigenvalue weighted by molar-refractivity contribution is 6.30. The summed E-state index contributed by atoms with van der Waals surface area (Å²) in [6, 6.07) is 8.27. The van der Waals surface area contributed by atoms with Gasteiger partial charge in [-0.3, -0.25) is 9.59 Å². The van der Waals surface area contributed by atoms with Crippen molar-refractivity contribution in [3.8, 4) is 5.75 Å². The average Bonchev–Trinajstić information content (AvgIpc) is 2.82. The summed E-state index contributed by atoms with van der Waals surface area (Å²) in [5, 5.41) is 3.50. The Morgan fingerprint density at radius 1 is 1.29 bits per heavy atom. The van der Waals surface area contributed by atoms with E-state index < -0.39 is 17.2 Å². The van der Waals surface area contributed by atoms with Crippen molar-refractivity contribution >= 4 is 34.1 Å². The van der Waals surface area contributed by atoms with Crippen LogP contribution in [0.5, 0.6) is 5.75 Å². The second-order valence-electron chi connectivity index (χ2n) is 9.13. The zero-order valence-electron chi connectivity index (χ0n) is 19.2. The number of rotatable bonds is 4. The first-order valence-corrected chi connectivity index (χ1v) is 11.8. The first kappa shape index (κ1) is 22.7. The Labute approximate surface area is 201 Å². The molecule has 178 valence electrons. The molecule has 2 N–H and O–H groups in total. The van der Waals surface area contributed by atoms with Crippen molar-refractivity contribution < 1.29 is 18.8 Å². The van der Waals surface area contributed by atoms with Crippen LogP contribution in [0.3, 0.4) is 0 Å². The Balaban J connectivity index is 1.56. The van der Waals surface area contributed by atoms with Crippen molar-refractivity contribution in [2.45, 2.75) is 19.5 Å². The first-order chi connectivity index (χ1) is 16.3. The quantitative estimate of drug-likeness (QED) is 0.593. The number of amides is 1. The van der Waals surface area contributed by atoms with Gasteiger partial charge < -0.3 is 24.4 Å². The first-order valence-electron chi connectivity index (χ1n) is 11.5. The summed E-state index contributed by atoms with van der Waals surface area (Å²) >= 11 is 6.02. The van der Waals surface area contributed by atoms with Gasteiger partial charge in [0.2, 0.25) is 5.43 Å². The lowest BCUT2D eigenvalue weighted by Gasteiger charge is -2.35. The molecule has 2 aromatic carbocycles. The molecule has 1 atom stereocenters. The van der Waals surface area contributed by atoms with Crippen LogP contribution in [0.1, 0.15) is 28.9 Å². The molecule has 7 nitrogen and oxygen atoms in total. The van der Waals surface area contributed by atoms with Crippen molar-refractivity contribution in [2.24, 2.45) is 0 Å². The lowest BCUT2D eigenvalue weighted by molar-refractivity contribution is -0.880. The van der Waals surface area contributed by atoms with Crippen LogP contribution in [0.4, 0.5) is 10.1 Å². The van der Waals surface area contributed by atoms with Crippen LogP contribution in [-0.4, -0.2) is 50.3 Å². The standard InChI is InChI=1S/C25H26ClFN4O3/c1-15-14-34-24-21-18(11-20(27)22(24)30-8-6-29(2)7-9-30)23(32)19(13-31(15)21)25(33)28-12-16-4-3-5-17(26)10-16/h3-5,10-11,13,15H,6-9,12,14H2,1-2H3,(H,28,33)/p+1/t15-/m1/s1. The number of piperazine rings is 1. The average molecular weight is 486 g/mol. The molecular formula is C25H27ClFN4O3+. The number of nitrogens with one attached hydrogen (secondary N) is 2. The van der Waals surface area contributed by atoms with Crippen LogP contribution < -0.4 is 25.3 Å². The molecule has 0 saturated carbocycles. The van der Waals surface area contributed by atoms with Gasteiger partial charge in [-0.05, 0) is 30.7 Å². The number of aromatic nitrogens is 1. The molecular weight excluding hydrogens is 459 g/mol. The highest BCUT2D eigenvalue weighted by atomic mass is 35.5. The fraction of sp³-hybridized carbons (Fsp3) is 0.360. The number of quaternary nitrogens is 1. The monoisotopic (exact) mass is 485 g/mol. The Morgan fingerprint density at radius 3 is 2.79 bits per heavy atom. The molecule has 2 aliphatic heterocycles. The van der Waals surface area contributed by atoms with Crippen LogP contribution in [0.25, 0.3) is 10.9 Å². The SMILES string of the molecule is C[C@@H]1COc2c(N3CC[NH+](C)CC3)c(F)cc3c(=O)c(C(=O)NCc4cccc(Cl)c4)cn1c23. The third kappa shape index (κ3) is 4.01. The van der Waals surface area contributed by atoms with Crippen LogP contribution in [0.2, 0.25) is 5.02 Å². The summed E-state index contributed by atoms with van der Waals surface area (Å²) in [6.45, 7) is 5.69. The van der Waals surface area contributed by atoms with Crippen LogP contribution in [0.15, 0.2) is 41.3 Å². The molecule has 9 heteroatoms. The number of carbonyl (C=O) groups excluding carboxylic acids is 1. The summed E-state index contributed by atoms with van der Waals surface area (Å²) in [7, 11) is 2.12. The van der Waals surface area contributed by atoms with Crippen molar-refractivity contribution in [1.29, 1.82) is 0 Å². The van der Waals surface area contributed by atoms with Crippen molar-refractivity contribution in [1.82, 2.24) is 9.88 Å². The number of ether oxygens (including phenoxy) is 1. The van der Waals surface area contributed by atoms with Crippen molar-refractivity contribution in [3.05, 3.63) is 68.7 Å². The number of hydrogen-bond donors (Lipinski definition) is 2. The third-order valence-electron chi connectivity index (χ3n) is 6.66. The maximum Gasteiger partial charge on any atom is 0.257 e. The van der Waals surface area contributed by atoms with E-state index in [4.69, 9.17) is 16.3 Å². The van der Waals surface area contributed by atoms with Gasteiger partial charge in [0.15, 0.2) is 11.6 Å². The van der Waals surface area contributed by atoms with Crippen LogP contribution in [-0.2, 0) is 6.54 Å². The van der Waals surface area contributed by atoms with E-state index in [0.717, 1.165) is 18.7 Å². The number of nitrogens with zero attached hydrogens (tertiary/aromatic N) is 2. The summed E-state index contributed by atoms with van der Waals surface area (Å²) in [5.41, 5.74) is 1.22. The molecule has 34 heavy (non-hydrogen) atoms. The molecule has 2 aliphatic rings. The minimum Gasteiger partial charge on any atom is -0.487 e. The molecule has 1 aromatic heterocycles. The predicted octanol–water partition coefficient (Wildman–Crippen LogP) is 2.01. The molecule has 3 aromatic rings. The molecule has 3 heterocycles. The fourth-order valence-corrected chi connectivity index (χ4v) is 4.92. The van der Waals surface area contributed by atoms with Crippen molar-refractivity contribution in [3.63, 3.8) is 0 Å². The molecule has 1 saturated heterocycles. The van der Waals surface area contributed by atoms with Gasteiger partial charge in [0.1, 0.15) is 17.9 Å². The Kier molecular flexibility index (Phi) is 5.95. The van der Waals surface area contributed by atoms with E-state index in [1.165, 1.54) is 11.0 Å². The number of anilines is 1. The zero-order valence-corrected chi connectivity index (χ0v) is 19.9. The van der Waals surface area contributed by atoms with Crippen LogP contribution >= 0.6 is 11.6 Å². The molecule has 0 aliphatic carbocycles. The van der Waals surface area contributed by atoms with Gasteiger partial charge in [0.05, 0.1) is 50.2 Å². The Hall–Kier alpha value is -3.10. The van der Waals surface area contributed by atoms with Gasteiger partial charge in [-0.2, -0.15) is 0 Å². The van der Waals surface area contributed by atoms with E-state index >= 15 is 4.39 Å². The highest BCUT2D eigenvalue weighted by Gasteiger charge is 2.31. The summed E-state index contributed by atoms with van der Waals surface area (Å²) in [6.07, 6.45) is 1.57. The van der Waals surface area contributed by atoms with Gasteiger partial charge >= 0.3 is 0 Å². The molecule has 0 radical (unpaired) electrons. The van der Waals surface area contributed by atoms with Gasteiger partial charge in [-0.15, -0.1) is 0 Å². The number of benzene rings is 2. The smallest absolute Gasteiger partial charge is 0.257 e. The molecule has 0 bridgehead atoms. The van der Waals surface area contributed by atoms with E-state index in [0.29, 0.717) is 41.7 Å².